The summed E-state index contributed by atoms with van der Waals surface area (Å²) in [7, 11) is 0. The average Bonchev–Trinajstić information content (AvgIpc) is 2.86. The summed E-state index contributed by atoms with van der Waals surface area (Å²) in [6, 6.07) is 2.89. The van der Waals surface area contributed by atoms with Crippen molar-refractivity contribution in [2.75, 3.05) is 5.32 Å². The molecule has 2 rings (SSSR count). The topological polar surface area (TPSA) is 87.7 Å². The molecule has 1 unspecified atom stereocenters. The van der Waals surface area contributed by atoms with Gasteiger partial charge < -0.3 is 4.98 Å². The number of amides is 1. The van der Waals surface area contributed by atoms with E-state index < -0.39 is 0 Å². The van der Waals surface area contributed by atoms with Crippen molar-refractivity contribution < 1.29 is 4.79 Å². The summed E-state index contributed by atoms with van der Waals surface area (Å²) in [5, 5.41) is 12.1. The second-order valence-electron chi connectivity index (χ2n) is 5.01. The molecule has 21 heavy (non-hydrogen) atoms. The van der Waals surface area contributed by atoms with E-state index >= 15 is 0 Å². The molecule has 0 aliphatic carbocycles. The summed E-state index contributed by atoms with van der Waals surface area (Å²) in [6.07, 6.45) is 2.12. The number of hydrogen-bond acceptors (Lipinski definition) is 5. The monoisotopic (exact) mass is 306 g/mol. The highest BCUT2D eigenvalue weighted by atomic mass is 32.1. The van der Waals surface area contributed by atoms with Gasteiger partial charge >= 0.3 is 0 Å². The molecule has 7 heteroatoms. The number of pyridine rings is 1. The van der Waals surface area contributed by atoms with Gasteiger partial charge in [0.15, 0.2) is 0 Å². The zero-order valence-corrected chi connectivity index (χ0v) is 13.1. The number of aryl methyl sites for hydroxylation is 1. The largest absolute Gasteiger partial charge is 0.326 e. The predicted molar refractivity (Wildman–Crippen MR) is 83.0 cm³/mol. The van der Waals surface area contributed by atoms with E-state index in [1.807, 2.05) is 0 Å². The van der Waals surface area contributed by atoms with E-state index in [2.05, 4.69) is 34.3 Å². The van der Waals surface area contributed by atoms with Gasteiger partial charge in [-0.3, -0.25) is 14.9 Å². The van der Waals surface area contributed by atoms with Crippen LogP contribution in [0.15, 0.2) is 16.9 Å². The van der Waals surface area contributed by atoms with Crippen molar-refractivity contribution in [3.8, 4) is 0 Å². The maximum atomic E-state index is 12.1. The van der Waals surface area contributed by atoms with Gasteiger partial charge in [-0.2, -0.15) is 0 Å². The molecule has 1 amide bonds. The first-order chi connectivity index (χ1) is 9.99. The minimum Gasteiger partial charge on any atom is -0.326 e. The highest BCUT2D eigenvalue weighted by molar-refractivity contribution is 7.15. The molecule has 0 aliphatic rings. The molecule has 112 valence electrons. The number of H-pyrrole nitrogens is 1. The molecule has 0 aliphatic heterocycles. The summed E-state index contributed by atoms with van der Waals surface area (Å²) < 4.78 is 0. The van der Waals surface area contributed by atoms with E-state index in [1.54, 1.807) is 13.0 Å². The molecule has 2 aromatic rings. The van der Waals surface area contributed by atoms with Gasteiger partial charge in [0.2, 0.25) is 10.7 Å². The predicted octanol–water partition coefficient (Wildman–Crippen LogP) is 2.69. The van der Waals surface area contributed by atoms with Gasteiger partial charge in [0, 0.05) is 23.2 Å². The van der Waals surface area contributed by atoms with E-state index in [-0.39, 0.29) is 11.5 Å². The third kappa shape index (κ3) is 3.98. The number of carbonyl (C=O) groups excluding carboxylic acids is 1. The van der Waals surface area contributed by atoms with Crippen LogP contribution < -0.4 is 10.9 Å². The zero-order chi connectivity index (χ0) is 15.4. The first-order valence-corrected chi connectivity index (χ1v) is 7.67. The van der Waals surface area contributed by atoms with Gasteiger partial charge in [-0.1, -0.05) is 31.6 Å². The average molecular weight is 306 g/mol. The van der Waals surface area contributed by atoms with Crippen molar-refractivity contribution in [3.63, 3.8) is 0 Å². The minimum absolute atomic E-state index is 0.297. The fourth-order valence-corrected chi connectivity index (χ4v) is 2.85. The third-order valence-corrected chi connectivity index (χ3v) is 4.12. The van der Waals surface area contributed by atoms with Gasteiger partial charge in [0.1, 0.15) is 5.01 Å². The van der Waals surface area contributed by atoms with Crippen LogP contribution in [0.2, 0.25) is 0 Å². The molecular formula is C14H18N4O2S. The Kier molecular flexibility index (Phi) is 4.85. The van der Waals surface area contributed by atoms with E-state index in [4.69, 9.17) is 0 Å². The number of anilines is 1. The van der Waals surface area contributed by atoms with Crippen LogP contribution in [0.25, 0.3) is 0 Å². The van der Waals surface area contributed by atoms with Crippen LogP contribution in [0.4, 0.5) is 5.13 Å². The second kappa shape index (κ2) is 6.62. The van der Waals surface area contributed by atoms with Crippen molar-refractivity contribution in [2.24, 2.45) is 0 Å². The third-order valence-electron chi connectivity index (χ3n) is 3.05. The van der Waals surface area contributed by atoms with Crippen LogP contribution >= 0.6 is 11.3 Å². The Morgan fingerprint density at radius 3 is 2.86 bits per heavy atom. The Bertz CT molecular complexity index is 692. The Hall–Kier alpha value is -2.02. The lowest BCUT2D eigenvalue weighted by Gasteiger charge is -2.03. The first kappa shape index (κ1) is 15.4. The minimum atomic E-state index is -0.352. The normalized spacial score (nSPS) is 12.1. The summed E-state index contributed by atoms with van der Waals surface area (Å²) in [5.74, 6) is -0.0185. The van der Waals surface area contributed by atoms with Crippen molar-refractivity contribution in [3.05, 3.63) is 38.8 Å². The second-order valence-corrected chi connectivity index (χ2v) is 6.01. The number of nitrogens with one attached hydrogen (secondary N) is 2. The molecule has 6 nitrogen and oxygen atoms in total. The molecule has 0 saturated carbocycles. The Balaban J connectivity index is 2.11. The number of aromatic nitrogens is 3. The van der Waals surface area contributed by atoms with Crippen molar-refractivity contribution in [1.29, 1.82) is 0 Å². The van der Waals surface area contributed by atoms with Gasteiger partial charge in [0.25, 0.3) is 5.91 Å². The van der Waals surface area contributed by atoms with Gasteiger partial charge in [-0.05, 0) is 19.4 Å². The molecule has 0 aromatic carbocycles. The summed E-state index contributed by atoms with van der Waals surface area (Å²) in [6.45, 7) is 5.94. The molecular weight excluding hydrogens is 288 g/mol. The maximum Gasteiger partial charge on any atom is 0.257 e. The van der Waals surface area contributed by atoms with Crippen LogP contribution in [-0.2, 0) is 0 Å². The van der Waals surface area contributed by atoms with E-state index in [0.717, 1.165) is 17.8 Å². The molecule has 2 N–H and O–H groups in total. The molecule has 0 bridgehead atoms. The smallest absolute Gasteiger partial charge is 0.257 e. The number of hydrogen-bond donors (Lipinski definition) is 2. The highest BCUT2D eigenvalue weighted by Gasteiger charge is 2.14. The summed E-state index contributed by atoms with van der Waals surface area (Å²) >= 11 is 1.37. The summed E-state index contributed by atoms with van der Waals surface area (Å²) in [5.41, 5.74) is 0.659. The molecule has 1 atom stereocenters. The highest BCUT2D eigenvalue weighted by Crippen LogP contribution is 2.26. The molecule has 0 saturated heterocycles. The van der Waals surface area contributed by atoms with Gasteiger partial charge in [-0.15, -0.1) is 10.2 Å². The van der Waals surface area contributed by atoms with Crippen molar-refractivity contribution >= 4 is 22.4 Å². The van der Waals surface area contributed by atoms with Crippen LogP contribution in [-0.4, -0.2) is 21.1 Å². The fourth-order valence-electron chi connectivity index (χ4n) is 2.02. The van der Waals surface area contributed by atoms with Crippen LogP contribution in [0.3, 0.4) is 0 Å². The van der Waals surface area contributed by atoms with E-state index in [0.29, 0.717) is 22.3 Å². The van der Waals surface area contributed by atoms with Crippen LogP contribution in [0, 0.1) is 6.92 Å². The number of carbonyl (C=O) groups is 1. The molecule has 2 heterocycles. The Morgan fingerprint density at radius 2 is 2.19 bits per heavy atom. The Morgan fingerprint density at radius 1 is 1.43 bits per heavy atom. The van der Waals surface area contributed by atoms with Crippen LogP contribution in [0.5, 0.6) is 0 Å². The SMILES string of the molecule is CCCC(C)c1nnc(NC(=O)c2cc(C)[nH]c(=O)c2)s1. The van der Waals surface area contributed by atoms with Gasteiger partial charge in [-0.25, -0.2) is 0 Å². The molecule has 2 aromatic heterocycles. The maximum absolute atomic E-state index is 12.1. The quantitative estimate of drug-likeness (QED) is 0.889. The molecule has 0 spiro atoms. The standard InChI is InChI=1S/C14H18N4O2S/c1-4-5-8(2)13-17-18-14(21-13)16-12(20)10-6-9(3)15-11(19)7-10/h6-8H,4-5H2,1-3H3,(H,15,19)(H,16,18,20). The van der Waals surface area contributed by atoms with Crippen molar-refractivity contribution in [1.82, 2.24) is 15.2 Å². The van der Waals surface area contributed by atoms with Gasteiger partial charge in [0.05, 0.1) is 0 Å². The molecule has 0 radical (unpaired) electrons. The van der Waals surface area contributed by atoms with Crippen LogP contribution in [0.1, 0.15) is 53.7 Å². The first-order valence-electron chi connectivity index (χ1n) is 6.85. The Labute approximate surface area is 126 Å². The fraction of sp³-hybridized carbons (Fsp3) is 0.429. The van der Waals surface area contributed by atoms with E-state index in [9.17, 15) is 9.59 Å². The number of aromatic amines is 1. The summed E-state index contributed by atoms with van der Waals surface area (Å²) in [4.78, 5) is 26.1. The zero-order valence-electron chi connectivity index (χ0n) is 12.3. The lowest BCUT2D eigenvalue weighted by Crippen LogP contribution is -2.16. The molecule has 0 fully saturated rings. The number of rotatable bonds is 5. The number of nitrogens with zero attached hydrogens (tertiary/aromatic N) is 2. The lowest BCUT2D eigenvalue weighted by molar-refractivity contribution is 0.102. The van der Waals surface area contributed by atoms with Crippen molar-refractivity contribution in [2.45, 2.75) is 39.5 Å². The van der Waals surface area contributed by atoms with E-state index in [1.165, 1.54) is 17.4 Å². The lowest BCUT2D eigenvalue weighted by atomic mass is 10.1.